The van der Waals surface area contributed by atoms with Crippen molar-refractivity contribution in [3.63, 3.8) is 0 Å². The number of sulfonamides is 1. The van der Waals surface area contributed by atoms with E-state index in [0.717, 1.165) is 6.26 Å². The molecule has 2 aromatic rings. The smallest absolute Gasteiger partial charge is 0.264 e. The number of hydrogen-bond donors (Lipinski definition) is 1. The predicted molar refractivity (Wildman–Crippen MR) is 90.0 cm³/mol. The minimum atomic E-state index is -3.70. The van der Waals surface area contributed by atoms with Crippen LogP contribution in [0.2, 0.25) is 10.0 Å². The lowest BCUT2D eigenvalue weighted by Gasteiger charge is -2.10. The number of benzene rings is 2. The Morgan fingerprint density at radius 3 is 2.46 bits per heavy atom. The van der Waals surface area contributed by atoms with Crippen molar-refractivity contribution < 1.29 is 17.9 Å². The molecular formula is C15H10Cl2N2O4S. The van der Waals surface area contributed by atoms with Crippen molar-refractivity contribution in [1.29, 1.82) is 5.26 Å². The van der Waals surface area contributed by atoms with E-state index in [2.05, 4.69) is 0 Å². The molecule has 0 spiro atoms. The van der Waals surface area contributed by atoms with Crippen LogP contribution in [0.5, 0.6) is 11.5 Å². The molecule has 6 nitrogen and oxygen atoms in total. The van der Waals surface area contributed by atoms with Crippen LogP contribution in [0.15, 0.2) is 36.4 Å². The average Bonchev–Trinajstić information content (AvgIpc) is 2.49. The van der Waals surface area contributed by atoms with Crippen molar-refractivity contribution in [3.8, 4) is 17.6 Å². The van der Waals surface area contributed by atoms with Gasteiger partial charge in [-0.2, -0.15) is 5.26 Å². The van der Waals surface area contributed by atoms with Gasteiger partial charge >= 0.3 is 0 Å². The van der Waals surface area contributed by atoms with Crippen LogP contribution in [0.4, 0.5) is 0 Å². The van der Waals surface area contributed by atoms with E-state index in [4.69, 9.17) is 27.9 Å². The summed E-state index contributed by atoms with van der Waals surface area (Å²) in [7, 11) is -3.70. The molecule has 1 amide bonds. The first kappa shape index (κ1) is 18.1. The molecule has 0 aliphatic rings. The summed E-state index contributed by atoms with van der Waals surface area (Å²) in [4.78, 5) is 11.8. The minimum Gasteiger partial charge on any atom is -0.456 e. The van der Waals surface area contributed by atoms with Gasteiger partial charge in [0.15, 0.2) is 0 Å². The second kappa shape index (κ2) is 7.09. The third-order valence-electron chi connectivity index (χ3n) is 2.76. The number of ether oxygens (including phenoxy) is 1. The number of halogens is 2. The van der Waals surface area contributed by atoms with Crippen LogP contribution in [-0.4, -0.2) is 20.6 Å². The van der Waals surface area contributed by atoms with Gasteiger partial charge in [0.25, 0.3) is 5.91 Å². The molecule has 9 heteroatoms. The lowest BCUT2D eigenvalue weighted by atomic mass is 10.1. The highest BCUT2D eigenvalue weighted by molar-refractivity contribution is 7.89. The molecule has 0 aromatic heterocycles. The molecule has 0 aliphatic carbocycles. The number of nitrogens with zero attached hydrogens (tertiary/aromatic N) is 1. The maximum Gasteiger partial charge on any atom is 0.264 e. The van der Waals surface area contributed by atoms with Crippen LogP contribution in [0.1, 0.15) is 15.9 Å². The Morgan fingerprint density at radius 1 is 1.17 bits per heavy atom. The first-order valence-corrected chi connectivity index (χ1v) is 9.03. The normalized spacial score (nSPS) is 10.8. The van der Waals surface area contributed by atoms with E-state index in [9.17, 15) is 18.5 Å². The molecular weight excluding hydrogens is 375 g/mol. The molecule has 0 atom stereocenters. The molecule has 0 bridgehead atoms. The molecule has 0 unspecified atom stereocenters. The van der Waals surface area contributed by atoms with Crippen molar-refractivity contribution in [1.82, 2.24) is 4.72 Å². The van der Waals surface area contributed by atoms with Gasteiger partial charge in [0, 0.05) is 11.6 Å². The summed E-state index contributed by atoms with van der Waals surface area (Å²) < 4.78 is 29.6. The summed E-state index contributed by atoms with van der Waals surface area (Å²) >= 11 is 11.7. The van der Waals surface area contributed by atoms with Crippen molar-refractivity contribution >= 4 is 39.1 Å². The second-order valence-electron chi connectivity index (χ2n) is 4.70. The number of carbonyl (C=O) groups excluding carboxylic acids is 1. The fourth-order valence-corrected chi connectivity index (χ4v) is 2.48. The van der Waals surface area contributed by atoms with Crippen molar-refractivity contribution in [2.45, 2.75) is 0 Å². The summed E-state index contributed by atoms with van der Waals surface area (Å²) in [5.41, 5.74) is 0.0701. The standard InChI is InChI=1S/C15H10Cl2N2O4S/c1-24(21,22)19-15(20)9-2-5-14(10(6-9)8-18)23-11-3-4-12(16)13(17)7-11/h2-7H,1H3,(H,19,20). The maximum absolute atomic E-state index is 11.8. The number of hydrogen-bond acceptors (Lipinski definition) is 5. The van der Waals surface area contributed by atoms with E-state index < -0.39 is 15.9 Å². The van der Waals surface area contributed by atoms with Gasteiger partial charge in [-0.25, -0.2) is 13.1 Å². The highest BCUT2D eigenvalue weighted by atomic mass is 35.5. The Balaban J connectivity index is 2.31. The predicted octanol–water partition coefficient (Wildman–Crippen LogP) is 3.35. The van der Waals surface area contributed by atoms with Gasteiger partial charge in [-0.1, -0.05) is 23.2 Å². The number of carbonyl (C=O) groups is 1. The summed E-state index contributed by atoms with van der Waals surface area (Å²) in [6, 6.07) is 10.4. The maximum atomic E-state index is 11.8. The van der Waals surface area contributed by atoms with Gasteiger partial charge in [-0.3, -0.25) is 4.79 Å². The van der Waals surface area contributed by atoms with Gasteiger partial charge < -0.3 is 4.74 Å². The number of nitriles is 1. The number of rotatable bonds is 4. The molecule has 0 saturated carbocycles. The minimum absolute atomic E-state index is 0.0125. The van der Waals surface area contributed by atoms with Crippen molar-refractivity contribution in [3.05, 3.63) is 57.6 Å². The zero-order valence-corrected chi connectivity index (χ0v) is 14.5. The van der Waals surface area contributed by atoms with E-state index >= 15 is 0 Å². The SMILES string of the molecule is CS(=O)(=O)NC(=O)c1ccc(Oc2ccc(Cl)c(Cl)c2)c(C#N)c1. The average molecular weight is 385 g/mol. The molecule has 0 radical (unpaired) electrons. The van der Waals surface area contributed by atoms with E-state index in [1.54, 1.807) is 12.1 Å². The molecule has 2 aromatic carbocycles. The van der Waals surface area contributed by atoms with Crippen LogP contribution in [0.25, 0.3) is 0 Å². The summed E-state index contributed by atoms with van der Waals surface area (Å²) in [6.07, 6.45) is 0.859. The zero-order valence-electron chi connectivity index (χ0n) is 12.2. The highest BCUT2D eigenvalue weighted by Crippen LogP contribution is 2.31. The first-order chi connectivity index (χ1) is 11.2. The lowest BCUT2D eigenvalue weighted by Crippen LogP contribution is -2.29. The Bertz CT molecular complexity index is 952. The fourth-order valence-electron chi connectivity index (χ4n) is 1.74. The molecule has 24 heavy (non-hydrogen) atoms. The third-order valence-corrected chi connectivity index (χ3v) is 4.05. The Labute approximate surface area is 148 Å². The molecule has 1 N–H and O–H groups in total. The Kier molecular flexibility index (Phi) is 5.34. The van der Waals surface area contributed by atoms with Crippen LogP contribution in [0.3, 0.4) is 0 Å². The Hall–Kier alpha value is -2.27. The number of amides is 1. The van der Waals surface area contributed by atoms with Gasteiger partial charge in [-0.05, 0) is 30.3 Å². The van der Waals surface area contributed by atoms with Crippen LogP contribution in [0, 0.1) is 11.3 Å². The fraction of sp³-hybridized carbons (Fsp3) is 0.0667. The van der Waals surface area contributed by atoms with Crippen LogP contribution >= 0.6 is 23.2 Å². The number of nitrogens with one attached hydrogen (secondary N) is 1. The van der Waals surface area contributed by atoms with Crippen molar-refractivity contribution in [2.75, 3.05) is 6.26 Å². The molecule has 0 aliphatic heterocycles. The molecule has 0 saturated heterocycles. The van der Waals surface area contributed by atoms with E-state index in [1.807, 2.05) is 10.8 Å². The summed E-state index contributed by atoms with van der Waals surface area (Å²) in [5.74, 6) is -0.295. The third kappa shape index (κ3) is 4.61. The zero-order chi connectivity index (χ0) is 17.9. The monoisotopic (exact) mass is 384 g/mol. The summed E-state index contributed by atoms with van der Waals surface area (Å²) in [5, 5.41) is 9.85. The molecule has 0 fully saturated rings. The molecule has 0 heterocycles. The first-order valence-electron chi connectivity index (χ1n) is 6.39. The van der Waals surface area contributed by atoms with Crippen LogP contribution < -0.4 is 9.46 Å². The van der Waals surface area contributed by atoms with Gasteiger partial charge in [-0.15, -0.1) is 0 Å². The van der Waals surface area contributed by atoms with E-state index in [1.165, 1.54) is 24.3 Å². The Morgan fingerprint density at radius 2 is 1.88 bits per heavy atom. The second-order valence-corrected chi connectivity index (χ2v) is 7.27. The lowest BCUT2D eigenvalue weighted by molar-refractivity contribution is 0.0981. The molecule has 124 valence electrons. The van der Waals surface area contributed by atoms with E-state index in [0.29, 0.717) is 10.8 Å². The summed E-state index contributed by atoms with van der Waals surface area (Å²) in [6.45, 7) is 0. The van der Waals surface area contributed by atoms with Crippen molar-refractivity contribution in [2.24, 2.45) is 0 Å². The van der Waals surface area contributed by atoms with Gasteiger partial charge in [0.2, 0.25) is 10.0 Å². The molecule has 2 rings (SSSR count). The quantitative estimate of drug-likeness (QED) is 0.871. The highest BCUT2D eigenvalue weighted by Gasteiger charge is 2.14. The van der Waals surface area contributed by atoms with Crippen LogP contribution in [-0.2, 0) is 10.0 Å². The van der Waals surface area contributed by atoms with Gasteiger partial charge in [0.05, 0.1) is 21.9 Å². The largest absolute Gasteiger partial charge is 0.456 e. The van der Waals surface area contributed by atoms with E-state index in [-0.39, 0.29) is 21.9 Å². The topological polar surface area (TPSA) is 96.3 Å². The van der Waals surface area contributed by atoms with Gasteiger partial charge in [0.1, 0.15) is 17.6 Å².